The smallest absolute Gasteiger partial charge is 0.246 e. The molecular formula is C27H22Cl2FN5O2. The summed E-state index contributed by atoms with van der Waals surface area (Å²) in [5, 5.41) is 7.51. The zero-order valence-electron chi connectivity index (χ0n) is 19.7. The summed E-state index contributed by atoms with van der Waals surface area (Å²) in [5.41, 5.74) is 1.94. The van der Waals surface area contributed by atoms with Gasteiger partial charge in [-0.2, -0.15) is 0 Å². The van der Waals surface area contributed by atoms with Gasteiger partial charge in [0.15, 0.2) is 5.82 Å². The lowest BCUT2D eigenvalue weighted by Crippen LogP contribution is -2.42. The first-order chi connectivity index (χ1) is 17.9. The average Bonchev–Trinajstić information content (AvgIpc) is 3.84. The lowest BCUT2D eigenvalue weighted by molar-refractivity contribution is -0.128. The highest BCUT2D eigenvalue weighted by Gasteiger charge is 2.96. The number of hydrogen-bond donors (Lipinski definition) is 2. The molecule has 2 heterocycles. The van der Waals surface area contributed by atoms with Gasteiger partial charge in [0.25, 0.3) is 0 Å². The fourth-order valence-corrected chi connectivity index (χ4v) is 8.39. The van der Waals surface area contributed by atoms with Crippen molar-refractivity contribution in [3.05, 3.63) is 59.1 Å². The number of methoxy groups -OCH3 is 1. The first-order valence-corrected chi connectivity index (χ1v) is 13.1. The number of rotatable bonds is 6. The minimum atomic E-state index is -0.644. The second kappa shape index (κ2) is 7.05. The van der Waals surface area contributed by atoms with Gasteiger partial charge >= 0.3 is 0 Å². The van der Waals surface area contributed by atoms with Crippen LogP contribution in [0.15, 0.2) is 43.2 Å². The molecule has 3 aromatic rings. The van der Waals surface area contributed by atoms with Gasteiger partial charge in [-0.25, -0.2) is 14.4 Å². The normalized spacial score (nSPS) is 34.9. The SMILES string of the molecule is C=CC(=O)N1[C@@H]2C3[C@@H]2[C@@H]2C([C@@H]21)C31CC1Nc1cc2c(Nc3ccc(Cl)c(Cl)c3F)ncnc2cc1OC. The van der Waals surface area contributed by atoms with Crippen molar-refractivity contribution in [2.24, 2.45) is 29.1 Å². The molecule has 0 radical (unpaired) electrons. The van der Waals surface area contributed by atoms with Crippen LogP contribution in [-0.2, 0) is 4.79 Å². The molecule has 2 N–H and O–H groups in total. The minimum absolute atomic E-state index is 0.0853. The van der Waals surface area contributed by atoms with Crippen LogP contribution in [-0.4, -0.2) is 46.0 Å². The number of aromatic nitrogens is 2. The van der Waals surface area contributed by atoms with Gasteiger partial charge in [-0.15, -0.1) is 0 Å². The van der Waals surface area contributed by atoms with E-state index in [0.717, 1.165) is 17.5 Å². The molecule has 7 nitrogen and oxygen atoms in total. The molecule has 188 valence electrons. The molecule has 1 aliphatic heterocycles. The summed E-state index contributed by atoms with van der Waals surface area (Å²) in [6.45, 7) is 3.70. The molecule has 5 fully saturated rings. The van der Waals surface area contributed by atoms with E-state index in [1.54, 1.807) is 7.11 Å². The topological polar surface area (TPSA) is 79.4 Å². The summed E-state index contributed by atoms with van der Waals surface area (Å²) in [6, 6.07) is 7.98. The fourth-order valence-electron chi connectivity index (χ4n) is 8.08. The van der Waals surface area contributed by atoms with Crippen LogP contribution in [0.2, 0.25) is 10.0 Å². The van der Waals surface area contributed by atoms with Gasteiger partial charge in [0.05, 0.1) is 34.0 Å². The van der Waals surface area contributed by atoms with Crippen LogP contribution in [0.1, 0.15) is 6.42 Å². The number of benzene rings is 2. The number of halogens is 3. The zero-order chi connectivity index (χ0) is 25.4. The molecule has 1 aromatic heterocycles. The summed E-state index contributed by atoms with van der Waals surface area (Å²) in [4.78, 5) is 23.3. The highest BCUT2D eigenvalue weighted by molar-refractivity contribution is 6.42. The Hall–Kier alpha value is -3.10. The maximum absolute atomic E-state index is 14.7. The van der Waals surface area contributed by atoms with Crippen molar-refractivity contribution in [3.8, 4) is 5.75 Å². The predicted molar refractivity (Wildman–Crippen MR) is 139 cm³/mol. The Morgan fingerprint density at radius 3 is 2.68 bits per heavy atom. The minimum Gasteiger partial charge on any atom is -0.495 e. The molecule has 8 rings (SSSR count). The molecule has 8 atom stereocenters. The van der Waals surface area contributed by atoms with Crippen LogP contribution >= 0.6 is 23.2 Å². The molecule has 2 aromatic carbocycles. The molecule has 1 spiro atoms. The van der Waals surface area contributed by atoms with Crippen LogP contribution in [0, 0.1) is 34.9 Å². The van der Waals surface area contributed by atoms with E-state index >= 15 is 0 Å². The monoisotopic (exact) mass is 537 g/mol. The summed E-state index contributed by atoms with van der Waals surface area (Å²) in [7, 11) is 1.64. The summed E-state index contributed by atoms with van der Waals surface area (Å²) >= 11 is 11.9. The van der Waals surface area contributed by atoms with Crippen molar-refractivity contribution in [3.63, 3.8) is 0 Å². The highest BCUT2D eigenvalue weighted by atomic mass is 35.5. The molecule has 10 heteroatoms. The third-order valence-corrected chi connectivity index (χ3v) is 10.2. The standard InChI is InChI=1S/C27H22Cl2FN5O2/c1-3-17(36)35-24-18-19-21(25(19)35)27(20(18)24)8-16(27)33-14-6-10-13(7-15(14)37-2)31-9-32-26(10)34-12-5-4-11(28)22(29)23(12)30/h3-7,9,16,18-21,24-25,33H,1,8H2,2H3,(H,31,32,34)/t16?,18-,19+,20?,21?,24-,25+,27?. The van der Waals surface area contributed by atoms with Crippen LogP contribution in [0.4, 0.5) is 21.6 Å². The first-order valence-electron chi connectivity index (χ1n) is 12.3. The number of carbonyl (C=O) groups excluding carboxylic acids is 1. The molecule has 4 unspecified atom stereocenters. The maximum atomic E-state index is 14.7. The van der Waals surface area contributed by atoms with Crippen LogP contribution in [0.3, 0.4) is 0 Å². The lowest BCUT2D eigenvalue weighted by atomic mass is 9.90. The van der Waals surface area contributed by atoms with E-state index in [1.807, 2.05) is 12.1 Å². The predicted octanol–water partition coefficient (Wildman–Crippen LogP) is 5.27. The van der Waals surface area contributed by atoms with E-state index < -0.39 is 5.82 Å². The van der Waals surface area contributed by atoms with E-state index in [9.17, 15) is 9.18 Å². The molecule has 1 saturated heterocycles. The average molecular weight is 538 g/mol. The maximum Gasteiger partial charge on any atom is 0.246 e. The van der Waals surface area contributed by atoms with Gasteiger partial charge in [-0.05, 0) is 54.4 Å². The molecule has 5 aliphatic rings. The lowest BCUT2D eigenvalue weighted by Gasteiger charge is -2.31. The molecule has 0 bridgehead atoms. The number of amides is 1. The number of hydrogen-bond acceptors (Lipinski definition) is 6. The fraction of sp³-hybridized carbons (Fsp3) is 0.370. The second-order valence-corrected chi connectivity index (χ2v) is 11.6. The van der Waals surface area contributed by atoms with E-state index in [2.05, 4.69) is 32.1 Å². The Morgan fingerprint density at radius 1 is 1.22 bits per heavy atom. The summed E-state index contributed by atoms with van der Waals surface area (Å²) in [6.07, 6.45) is 3.98. The molecule has 4 saturated carbocycles. The van der Waals surface area contributed by atoms with Crippen molar-refractivity contribution < 1.29 is 13.9 Å². The van der Waals surface area contributed by atoms with Gasteiger partial charge in [0.1, 0.15) is 17.9 Å². The van der Waals surface area contributed by atoms with Crippen molar-refractivity contribution in [2.45, 2.75) is 24.5 Å². The number of fused-ring (bicyclic) bond motifs is 5. The van der Waals surface area contributed by atoms with E-state index in [4.69, 9.17) is 27.9 Å². The Bertz CT molecular complexity index is 1540. The van der Waals surface area contributed by atoms with Crippen LogP contribution < -0.4 is 15.4 Å². The van der Waals surface area contributed by atoms with Gasteiger partial charge in [-0.1, -0.05) is 29.8 Å². The second-order valence-electron chi connectivity index (χ2n) is 10.8. The number of nitrogens with zero attached hydrogens (tertiary/aromatic N) is 3. The number of anilines is 3. The van der Waals surface area contributed by atoms with Gasteiger partial charge in [0, 0.05) is 35.0 Å². The zero-order valence-corrected chi connectivity index (χ0v) is 21.2. The molecule has 37 heavy (non-hydrogen) atoms. The third-order valence-electron chi connectivity index (χ3n) is 9.45. The number of ether oxygens (including phenoxy) is 1. The first kappa shape index (κ1) is 21.9. The third kappa shape index (κ3) is 2.65. The van der Waals surface area contributed by atoms with Gasteiger partial charge in [0.2, 0.25) is 5.91 Å². The number of piperidine rings is 3. The number of carbonyl (C=O) groups is 1. The number of likely N-dealkylation sites (tertiary alicyclic amines) is 1. The van der Waals surface area contributed by atoms with Crippen LogP contribution in [0.5, 0.6) is 5.75 Å². The Morgan fingerprint density at radius 2 is 1.97 bits per heavy atom. The summed E-state index contributed by atoms with van der Waals surface area (Å²) in [5.74, 6) is 3.06. The Kier molecular flexibility index (Phi) is 4.18. The van der Waals surface area contributed by atoms with E-state index in [0.29, 0.717) is 58.9 Å². The molecule has 4 aliphatic carbocycles. The van der Waals surface area contributed by atoms with Crippen molar-refractivity contribution >= 4 is 57.2 Å². The largest absolute Gasteiger partial charge is 0.495 e. The van der Waals surface area contributed by atoms with Crippen molar-refractivity contribution in [1.82, 2.24) is 14.9 Å². The Labute approximate surface area is 222 Å². The van der Waals surface area contributed by atoms with Crippen LogP contribution in [0.25, 0.3) is 10.9 Å². The van der Waals surface area contributed by atoms with Crippen molar-refractivity contribution in [2.75, 3.05) is 17.7 Å². The quantitative estimate of drug-likeness (QED) is 0.329. The van der Waals surface area contributed by atoms with E-state index in [1.165, 1.54) is 24.5 Å². The van der Waals surface area contributed by atoms with E-state index in [-0.39, 0.29) is 27.1 Å². The summed E-state index contributed by atoms with van der Waals surface area (Å²) < 4.78 is 20.4. The highest BCUT2D eigenvalue weighted by Crippen LogP contribution is 2.91. The molecular weight excluding hydrogens is 516 g/mol. The Balaban J connectivity index is 1.10. The van der Waals surface area contributed by atoms with Gasteiger partial charge < -0.3 is 20.3 Å². The number of nitrogens with one attached hydrogen (secondary N) is 2. The van der Waals surface area contributed by atoms with Gasteiger partial charge in [-0.3, -0.25) is 4.79 Å². The van der Waals surface area contributed by atoms with Crippen molar-refractivity contribution in [1.29, 1.82) is 0 Å². The molecule has 1 amide bonds.